The average molecular weight is 351 g/mol. The molecule has 5 nitrogen and oxygen atoms in total. The van der Waals surface area contributed by atoms with E-state index in [-0.39, 0.29) is 0 Å². The minimum absolute atomic E-state index is 0.425. The highest BCUT2D eigenvalue weighted by Gasteiger charge is 2.06. The smallest absolute Gasteiger partial charge is 0.179 e. The molecule has 3 rings (SSSR count). The molecule has 2 aromatic carbocycles. The van der Waals surface area contributed by atoms with Crippen molar-refractivity contribution in [2.24, 2.45) is 0 Å². The first-order valence-corrected chi connectivity index (χ1v) is 8.24. The average Bonchev–Trinajstić information content (AvgIpc) is 2.72. The number of hydrogen-bond donors (Lipinski definition) is 0. The Morgan fingerprint density at radius 3 is 1.65 bits per heavy atom. The molecule has 1 aromatic heterocycles. The number of benzene rings is 2. The van der Waals surface area contributed by atoms with Crippen LogP contribution in [-0.2, 0) is 13.2 Å². The first-order valence-electron chi connectivity index (χ1n) is 8.24. The largest absolute Gasteiger partial charge is 0.497 e. The van der Waals surface area contributed by atoms with Gasteiger partial charge in [0, 0.05) is 12.3 Å². The Kier molecular flexibility index (Phi) is 5.93. The van der Waals surface area contributed by atoms with Crippen molar-refractivity contribution in [3.05, 3.63) is 78.1 Å². The lowest BCUT2D eigenvalue weighted by Crippen LogP contribution is -2.01. The Morgan fingerprint density at radius 1 is 0.654 bits per heavy atom. The third-order valence-electron chi connectivity index (χ3n) is 3.85. The van der Waals surface area contributed by atoms with Crippen molar-refractivity contribution in [3.8, 4) is 23.0 Å². The van der Waals surface area contributed by atoms with Gasteiger partial charge in [0.1, 0.15) is 24.7 Å². The number of aromatic nitrogens is 1. The maximum Gasteiger partial charge on any atom is 0.179 e. The van der Waals surface area contributed by atoms with Crippen LogP contribution in [0.15, 0.2) is 67.0 Å². The summed E-state index contributed by atoms with van der Waals surface area (Å²) in [6, 6.07) is 17.3. The molecular weight excluding hydrogens is 330 g/mol. The number of rotatable bonds is 8. The molecule has 0 amide bonds. The fraction of sp³-hybridized carbons (Fsp3) is 0.190. The zero-order valence-electron chi connectivity index (χ0n) is 14.8. The minimum atomic E-state index is 0.425. The summed E-state index contributed by atoms with van der Waals surface area (Å²) in [5.41, 5.74) is 2.08. The molecule has 3 aromatic rings. The monoisotopic (exact) mass is 351 g/mol. The fourth-order valence-corrected chi connectivity index (χ4v) is 2.36. The van der Waals surface area contributed by atoms with Crippen molar-refractivity contribution in [2.45, 2.75) is 13.2 Å². The van der Waals surface area contributed by atoms with Crippen molar-refractivity contribution in [1.82, 2.24) is 4.98 Å². The SMILES string of the molecule is COc1ccc(COc2ccncc2OCc2ccc(OC)cc2)cc1. The van der Waals surface area contributed by atoms with Gasteiger partial charge in [0.05, 0.1) is 20.4 Å². The molecule has 0 N–H and O–H groups in total. The van der Waals surface area contributed by atoms with Crippen molar-refractivity contribution in [2.75, 3.05) is 14.2 Å². The normalized spacial score (nSPS) is 10.2. The predicted molar refractivity (Wildman–Crippen MR) is 98.9 cm³/mol. The number of hydrogen-bond acceptors (Lipinski definition) is 5. The number of ether oxygens (including phenoxy) is 4. The predicted octanol–water partition coefficient (Wildman–Crippen LogP) is 4.26. The van der Waals surface area contributed by atoms with E-state index in [1.165, 1.54) is 0 Å². The summed E-state index contributed by atoms with van der Waals surface area (Å²) in [6.07, 6.45) is 3.34. The van der Waals surface area contributed by atoms with E-state index in [9.17, 15) is 0 Å². The van der Waals surface area contributed by atoms with E-state index in [2.05, 4.69) is 4.98 Å². The molecule has 0 bridgehead atoms. The maximum atomic E-state index is 5.90. The second kappa shape index (κ2) is 8.76. The highest BCUT2D eigenvalue weighted by Crippen LogP contribution is 2.27. The van der Waals surface area contributed by atoms with Gasteiger partial charge in [0.25, 0.3) is 0 Å². The first-order chi connectivity index (χ1) is 12.8. The van der Waals surface area contributed by atoms with E-state index >= 15 is 0 Å². The highest BCUT2D eigenvalue weighted by molar-refractivity contribution is 5.37. The van der Waals surface area contributed by atoms with Crippen LogP contribution in [-0.4, -0.2) is 19.2 Å². The molecule has 0 saturated carbocycles. The molecule has 0 fully saturated rings. The molecule has 0 atom stereocenters. The van der Waals surface area contributed by atoms with E-state index in [1.54, 1.807) is 32.7 Å². The molecule has 0 spiro atoms. The van der Waals surface area contributed by atoms with E-state index in [0.717, 1.165) is 22.6 Å². The van der Waals surface area contributed by atoms with Crippen LogP contribution < -0.4 is 18.9 Å². The van der Waals surface area contributed by atoms with Gasteiger partial charge in [-0.2, -0.15) is 0 Å². The van der Waals surface area contributed by atoms with Crippen molar-refractivity contribution in [1.29, 1.82) is 0 Å². The Labute approximate surface area is 153 Å². The Hall–Kier alpha value is -3.21. The van der Waals surface area contributed by atoms with Crippen LogP contribution in [0.25, 0.3) is 0 Å². The van der Waals surface area contributed by atoms with Gasteiger partial charge in [0.2, 0.25) is 0 Å². The Balaban J connectivity index is 1.61. The summed E-state index contributed by atoms with van der Waals surface area (Å²) < 4.78 is 22.1. The molecule has 1 heterocycles. The molecular formula is C21H21NO4. The zero-order valence-corrected chi connectivity index (χ0v) is 14.8. The first kappa shape index (κ1) is 17.6. The quantitative estimate of drug-likeness (QED) is 0.607. The summed E-state index contributed by atoms with van der Waals surface area (Å²) in [7, 11) is 3.29. The van der Waals surface area contributed by atoms with Gasteiger partial charge in [-0.15, -0.1) is 0 Å². The fourth-order valence-electron chi connectivity index (χ4n) is 2.36. The van der Waals surface area contributed by atoms with Gasteiger partial charge in [-0.05, 0) is 35.4 Å². The molecule has 0 saturated heterocycles. The van der Waals surface area contributed by atoms with E-state index in [0.29, 0.717) is 24.7 Å². The van der Waals surface area contributed by atoms with Crippen LogP contribution in [0.4, 0.5) is 0 Å². The van der Waals surface area contributed by atoms with E-state index < -0.39 is 0 Å². The van der Waals surface area contributed by atoms with Crippen LogP contribution >= 0.6 is 0 Å². The lowest BCUT2D eigenvalue weighted by atomic mass is 10.2. The van der Waals surface area contributed by atoms with Crippen LogP contribution in [0.2, 0.25) is 0 Å². The number of methoxy groups -OCH3 is 2. The zero-order chi connectivity index (χ0) is 18.2. The molecule has 5 heteroatoms. The summed E-state index contributed by atoms with van der Waals surface area (Å²) in [5, 5.41) is 0. The lowest BCUT2D eigenvalue weighted by molar-refractivity contribution is 0.254. The third-order valence-corrected chi connectivity index (χ3v) is 3.85. The van der Waals surface area contributed by atoms with Crippen LogP contribution in [0.5, 0.6) is 23.0 Å². The minimum Gasteiger partial charge on any atom is -0.497 e. The summed E-state index contributed by atoms with van der Waals surface area (Å²) >= 11 is 0. The van der Waals surface area contributed by atoms with Crippen molar-refractivity contribution < 1.29 is 18.9 Å². The standard InChI is InChI=1S/C21H21NO4/c1-23-18-7-3-16(4-8-18)14-25-20-11-12-22-13-21(20)26-15-17-5-9-19(24-2)10-6-17/h3-13H,14-15H2,1-2H3. The lowest BCUT2D eigenvalue weighted by Gasteiger charge is -2.12. The molecule has 26 heavy (non-hydrogen) atoms. The molecule has 134 valence electrons. The Bertz CT molecular complexity index is 746. The van der Waals surface area contributed by atoms with Crippen LogP contribution in [0.3, 0.4) is 0 Å². The summed E-state index contributed by atoms with van der Waals surface area (Å²) in [5.74, 6) is 2.90. The second-order valence-electron chi connectivity index (χ2n) is 5.60. The number of nitrogens with zero attached hydrogens (tertiary/aromatic N) is 1. The van der Waals surface area contributed by atoms with Gasteiger partial charge >= 0.3 is 0 Å². The summed E-state index contributed by atoms with van der Waals surface area (Å²) in [6.45, 7) is 0.863. The second-order valence-corrected chi connectivity index (χ2v) is 5.60. The van der Waals surface area contributed by atoms with Crippen molar-refractivity contribution >= 4 is 0 Å². The van der Waals surface area contributed by atoms with Gasteiger partial charge in [-0.25, -0.2) is 0 Å². The summed E-state index contributed by atoms with van der Waals surface area (Å²) in [4.78, 5) is 4.12. The van der Waals surface area contributed by atoms with Crippen LogP contribution in [0.1, 0.15) is 11.1 Å². The molecule has 0 radical (unpaired) electrons. The van der Waals surface area contributed by atoms with Gasteiger partial charge in [0.15, 0.2) is 11.5 Å². The number of pyridine rings is 1. The van der Waals surface area contributed by atoms with Crippen molar-refractivity contribution in [3.63, 3.8) is 0 Å². The molecule has 0 unspecified atom stereocenters. The van der Waals surface area contributed by atoms with E-state index in [1.807, 2.05) is 48.5 Å². The van der Waals surface area contributed by atoms with Gasteiger partial charge < -0.3 is 18.9 Å². The topological polar surface area (TPSA) is 49.8 Å². The molecule has 0 aliphatic rings. The molecule has 0 aliphatic heterocycles. The molecule has 0 aliphatic carbocycles. The van der Waals surface area contributed by atoms with Gasteiger partial charge in [-0.1, -0.05) is 24.3 Å². The Morgan fingerprint density at radius 2 is 1.15 bits per heavy atom. The highest BCUT2D eigenvalue weighted by atomic mass is 16.5. The maximum absolute atomic E-state index is 5.90. The third kappa shape index (κ3) is 4.66. The van der Waals surface area contributed by atoms with Gasteiger partial charge in [-0.3, -0.25) is 4.98 Å². The van der Waals surface area contributed by atoms with E-state index in [4.69, 9.17) is 18.9 Å². The van der Waals surface area contributed by atoms with Crippen LogP contribution in [0, 0.1) is 0 Å².